The van der Waals surface area contributed by atoms with E-state index in [0.29, 0.717) is 5.92 Å². The van der Waals surface area contributed by atoms with E-state index in [4.69, 9.17) is 10.5 Å². The molecule has 2 aliphatic rings. The molecule has 1 aliphatic heterocycles. The molecule has 1 heterocycles. The molecular formula is C16H23NO. The van der Waals surface area contributed by atoms with Gasteiger partial charge in [0.25, 0.3) is 0 Å². The van der Waals surface area contributed by atoms with Gasteiger partial charge in [-0.2, -0.15) is 0 Å². The summed E-state index contributed by atoms with van der Waals surface area (Å²) in [5.41, 5.74) is 9.12. The van der Waals surface area contributed by atoms with E-state index in [1.54, 1.807) is 0 Å². The molecule has 1 aromatic carbocycles. The van der Waals surface area contributed by atoms with Crippen molar-refractivity contribution in [3.63, 3.8) is 0 Å². The SMILES string of the molecule is CCC1CCC(C(N)c2ccc3c(c2)CCO3)C1. The van der Waals surface area contributed by atoms with Crippen molar-refractivity contribution >= 4 is 0 Å². The van der Waals surface area contributed by atoms with Gasteiger partial charge in [-0.05, 0) is 41.9 Å². The zero-order chi connectivity index (χ0) is 12.5. The van der Waals surface area contributed by atoms with E-state index in [-0.39, 0.29) is 6.04 Å². The van der Waals surface area contributed by atoms with Crippen LogP contribution in [0.2, 0.25) is 0 Å². The van der Waals surface area contributed by atoms with Crippen molar-refractivity contribution in [3.8, 4) is 5.75 Å². The Hall–Kier alpha value is -1.02. The Kier molecular flexibility index (Phi) is 3.29. The summed E-state index contributed by atoms with van der Waals surface area (Å²) in [6, 6.07) is 6.75. The van der Waals surface area contributed by atoms with Crippen molar-refractivity contribution in [2.75, 3.05) is 6.61 Å². The lowest BCUT2D eigenvalue weighted by atomic mass is 9.90. The van der Waals surface area contributed by atoms with E-state index >= 15 is 0 Å². The molecule has 1 fully saturated rings. The van der Waals surface area contributed by atoms with Gasteiger partial charge in [0.2, 0.25) is 0 Å². The summed E-state index contributed by atoms with van der Waals surface area (Å²) in [4.78, 5) is 0. The molecule has 98 valence electrons. The van der Waals surface area contributed by atoms with Gasteiger partial charge >= 0.3 is 0 Å². The standard InChI is InChI=1S/C16H23NO/c1-2-11-3-4-13(9-11)16(17)14-5-6-15-12(10-14)7-8-18-15/h5-6,10-11,13,16H,2-4,7-9,17H2,1H3. The molecule has 1 aliphatic carbocycles. The van der Waals surface area contributed by atoms with Crippen molar-refractivity contribution in [1.29, 1.82) is 0 Å². The van der Waals surface area contributed by atoms with Gasteiger partial charge in [0.05, 0.1) is 6.61 Å². The summed E-state index contributed by atoms with van der Waals surface area (Å²) in [7, 11) is 0. The Balaban J connectivity index is 1.74. The van der Waals surface area contributed by atoms with E-state index in [2.05, 4.69) is 25.1 Å². The zero-order valence-electron chi connectivity index (χ0n) is 11.2. The van der Waals surface area contributed by atoms with E-state index in [0.717, 1.165) is 24.7 Å². The topological polar surface area (TPSA) is 35.2 Å². The number of fused-ring (bicyclic) bond motifs is 1. The highest BCUT2D eigenvalue weighted by atomic mass is 16.5. The monoisotopic (exact) mass is 245 g/mol. The molecule has 3 atom stereocenters. The predicted molar refractivity (Wildman–Crippen MR) is 73.7 cm³/mol. The van der Waals surface area contributed by atoms with Crippen molar-refractivity contribution in [1.82, 2.24) is 0 Å². The second-order valence-corrected chi connectivity index (χ2v) is 5.84. The van der Waals surface area contributed by atoms with E-state index in [1.807, 2.05) is 0 Å². The maximum Gasteiger partial charge on any atom is 0.122 e. The Bertz CT molecular complexity index is 429. The zero-order valence-corrected chi connectivity index (χ0v) is 11.2. The van der Waals surface area contributed by atoms with Crippen LogP contribution in [0.25, 0.3) is 0 Å². The fourth-order valence-electron chi connectivity index (χ4n) is 3.50. The average Bonchev–Trinajstić information content (AvgIpc) is 3.05. The summed E-state index contributed by atoms with van der Waals surface area (Å²) in [6.45, 7) is 3.13. The van der Waals surface area contributed by atoms with E-state index in [9.17, 15) is 0 Å². The van der Waals surface area contributed by atoms with Crippen LogP contribution >= 0.6 is 0 Å². The minimum Gasteiger partial charge on any atom is -0.493 e. The normalized spacial score (nSPS) is 27.9. The highest BCUT2D eigenvalue weighted by Crippen LogP contribution is 2.40. The molecule has 2 heteroatoms. The second kappa shape index (κ2) is 4.93. The Labute approximate surface area is 110 Å². The third-order valence-electron chi connectivity index (χ3n) is 4.77. The second-order valence-electron chi connectivity index (χ2n) is 5.84. The fraction of sp³-hybridized carbons (Fsp3) is 0.625. The van der Waals surface area contributed by atoms with Gasteiger partial charge in [-0.3, -0.25) is 0 Å². The molecule has 18 heavy (non-hydrogen) atoms. The number of hydrogen-bond donors (Lipinski definition) is 1. The van der Waals surface area contributed by atoms with Crippen LogP contribution in [0, 0.1) is 11.8 Å². The molecule has 3 rings (SSSR count). The van der Waals surface area contributed by atoms with Crippen LogP contribution in [0.5, 0.6) is 5.75 Å². The highest BCUT2D eigenvalue weighted by molar-refractivity contribution is 5.40. The Morgan fingerprint density at radius 3 is 3.06 bits per heavy atom. The van der Waals surface area contributed by atoms with Crippen LogP contribution < -0.4 is 10.5 Å². The quantitative estimate of drug-likeness (QED) is 0.885. The molecule has 3 unspecified atom stereocenters. The molecule has 0 radical (unpaired) electrons. The molecule has 0 aromatic heterocycles. The number of rotatable bonds is 3. The maximum atomic E-state index is 6.47. The molecule has 2 N–H and O–H groups in total. The van der Waals surface area contributed by atoms with Gasteiger partial charge in [0.1, 0.15) is 5.75 Å². The third-order valence-corrected chi connectivity index (χ3v) is 4.77. The number of nitrogens with two attached hydrogens (primary N) is 1. The first kappa shape index (κ1) is 12.0. The van der Waals surface area contributed by atoms with Crippen LogP contribution in [0.15, 0.2) is 18.2 Å². The maximum absolute atomic E-state index is 6.47. The van der Waals surface area contributed by atoms with Gasteiger partial charge in [-0.15, -0.1) is 0 Å². The number of ether oxygens (including phenoxy) is 1. The summed E-state index contributed by atoms with van der Waals surface area (Å²) in [6.07, 6.45) is 6.32. The first-order valence-electron chi connectivity index (χ1n) is 7.29. The van der Waals surface area contributed by atoms with Crippen molar-refractivity contribution in [3.05, 3.63) is 29.3 Å². The fourth-order valence-corrected chi connectivity index (χ4v) is 3.50. The lowest BCUT2D eigenvalue weighted by molar-refractivity contribution is 0.356. The molecule has 1 aromatic rings. The molecule has 0 saturated heterocycles. The number of hydrogen-bond acceptors (Lipinski definition) is 2. The van der Waals surface area contributed by atoms with E-state index in [1.165, 1.54) is 36.8 Å². The van der Waals surface area contributed by atoms with Crippen LogP contribution in [0.3, 0.4) is 0 Å². The highest BCUT2D eigenvalue weighted by Gasteiger charge is 2.29. The van der Waals surface area contributed by atoms with E-state index < -0.39 is 0 Å². The van der Waals surface area contributed by atoms with Crippen LogP contribution in [0.4, 0.5) is 0 Å². The Morgan fingerprint density at radius 2 is 2.28 bits per heavy atom. The average molecular weight is 245 g/mol. The third kappa shape index (κ3) is 2.14. The molecule has 2 nitrogen and oxygen atoms in total. The summed E-state index contributed by atoms with van der Waals surface area (Å²) in [5, 5.41) is 0. The van der Waals surface area contributed by atoms with Gasteiger partial charge < -0.3 is 10.5 Å². The Morgan fingerprint density at radius 1 is 1.39 bits per heavy atom. The minimum atomic E-state index is 0.215. The van der Waals surface area contributed by atoms with Crippen LogP contribution in [-0.4, -0.2) is 6.61 Å². The predicted octanol–water partition coefficient (Wildman–Crippen LogP) is 3.45. The molecule has 1 saturated carbocycles. The first-order valence-corrected chi connectivity index (χ1v) is 7.29. The largest absolute Gasteiger partial charge is 0.493 e. The van der Waals surface area contributed by atoms with Crippen molar-refractivity contribution in [2.24, 2.45) is 17.6 Å². The lowest BCUT2D eigenvalue weighted by Gasteiger charge is -2.20. The van der Waals surface area contributed by atoms with Gasteiger partial charge in [-0.25, -0.2) is 0 Å². The van der Waals surface area contributed by atoms with Crippen LogP contribution in [-0.2, 0) is 6.42 Å². The lowest BCUT2D eigenvalue weighted by Crippen LogP contribution is -2.19. The summed E-state index contributed by atoms with van der Waals surface area (Å²) >= 11 is 0. The van der Waals surface area contributed by atoms with Crippen LogP contribution in [0.1, 0.15) is 49.8 Å². The number of benzene rings is 1. The van der Waals surface area contributed by atoms with Crippen molar-refractivity contribution < 1.29 is 4.74 Å². The molecule has 0 bridgehead atoms. The molecule has 0 amide bonds. The van der Waals surface area contributed by atoms with Gasteiger partial charge in [-0.1, -0.05) is 31.9 Å². The van der Waals surface area contributed by atoms with Gasteiger partial charge in [0.15, 0.2) is 0 Å². The molecular weight excluding hydrogens is 222 g/mol. The summed E-state index contributed by atoms with van der Waals surface area (Å²) < 4.78 is 5.55. The van der Waals surface area contributed by atoms with Crippen molar-refractivity contribution in [2.45, 2.75) is 45.1 Å². The first-order chi connectivity index (χ1) is 8.78. The summed E-state index contributed by atoms with van der Waals surface area (Å²) in [5.74, 6) is 2.64. The van der Waals surface area contributed by atoms with Gasteiger partial charge in [0, 0.05) is 12.5 Å². The smallest absolute Gasteiger partial charge is 0.122 e. The minimum absolute atomic E-state index is 0.215. The molecule has 0 spiro atoms.